The lowest BCUT2D eigenvalue weighted by atomic mass is 10.2. The van der Waals surface area contributed by atoms with Crippen LogP contribution in [-0.2, 0) is 11.3 Å². The lowest BCUT2D eigenvalue weighted by Crippen LogP contribution is -2.30. The highest BCUT2D eigenvalue weighted by atomic mass is 16.2. The largest absolute Gasteiger partial charge is 0.336 e. The summed E-state index contributed by atoms with van der Waals surface area (Å²) in [7, 11) is 0. The van der Waals surface area contributed by atoms with Gasteiger partial charge in [-0.15, -0.1) is 0 Å². The van der Waals surface area contributed by atoms with Crippen LogP contribution in [0.25, 0.3) is 5.65 Å². The number of pyridine rings is 1. The third kappa shape index (κ3) is 3.42. The second-order valence-electron chi connectivity index (χ2n) is 6.51. The van der Waals surface area contributed by atoms with Crippen molar-refractivity contribution in [3.63, 3.8) is 0 Å². The molecule has 2 heterocycles. The average Bonchev–Trinajstić information content (AvgIpc) is 3.36. The van der Waals surface area contributed by atoms with E-state index in [0.29, 0.717) is 29.5 Å². The van der Waals surface area contributed by atoms with Crippen LogP contribution < -0.4 is 5.32 Å². The monoisotopic (exact) mass is 349 g/mol. The highest BCUT2D eigenvalue weighted by molar-refractivity contribution is 6.04. The molecule has 0 atom stereocenters. The summed E-state index contributed by atoms with van der Waals surface area (Å²) in [6, 6.07) is 11.4. The molecule has 1 N–H and O–H groups in total. The van der Waals surface area contributed by atoms with Gasteiger partial charge in [-0.1, -0.05) is 12.1 Å². The Morgan fingerprint density at radius 1 is 1.19 bits per heavy atom. The van der Waals surface area contributed by atoms with Crippen molar-refractivity contribution < 1.29 is 9.59 Å². The number of hydrogen-bond acceptors (Lipinski definition) is 4. The summed E-state index contributed by atoms with van der Waals surface area (Å²) in [4.78, 5) is 30.1. The summed E-state index contributed by atoms with van der Waals surface area (Å²) >= 11 is 0. The van der Waals surface area contributed by atoms with Gasteiger partial charge >= 0.3 is 0 Å². The average molecular weight is 349 g/mol. The van der Waals surface area contributed by atoms with E-state index in [1.807, 2.05) is 29.2 Å². The predicted octanol–water partition coefficient (Wildman–Crippen LogP) is 2.49. The zero-order valence-corrected chi connectivity index (χ0v) is 14.4. The van der Waals surface area contributed by atoms with E-state index in [1.54, 1.807) is 29.8 Å². The van der Waals surface area contributed by atoms with E-state index in [4.69, 9.17) is 0 Å². The maximum absolute atomic E-state index is 12.4. The van der Waals surface area contributed by atoms with Crippen LogP contribution >= 0.6 is 0 Å². The molecule has 26 heavy (non-hydrogen) atoms. The number of rotatable bonds is 5. The van der Waals surface area contributed by atoms with Crippen molar-refractivity contribution >= 4 is 23.1 Å². The first-order valence-corrected chi connectivity index (χ1v) is 8.57. The number of amides is 2. The molecule has 2 amide bonds. The van der Waals surface area contributed by atoms with Gasteiger partial charge in [-0.2, -0.15) is 5.10 Å². The molecule has 0 spiro atoms. The Kier molecular flexibility index (Phi) is 4.12. The van der Waals surface area contributed by atoms with E-state index in [9.17, 15) is 9.59 Å². The van der Waals surface area contributed by atoms with Crippen LogP contribution in [0, 0.1) is 0 Å². The van der Waals surface area contributed by atoms with Crippen molar-refractivity contribution in [3.8, 4) is 0 Å². The Bertz CT molecular complexity index is 959. The van der Waals surface area contributed by atoms with Crippen LogP contribution in [0.1, 0.15) is 35.7 Å². The second kappa shape index (κ2) is 6.59. The molecule has 1 aliphatic carbocycles. The van der Waals surface area contributed by atoms with Crippen LogP contribution in [0.4, 0.5) is 5.69 Å². The standard InChI is InChI=1S/C19H19N5O2/c1-13(25)23(17-7-8-17)10-14-2-5-16(6-3-14)22-19(26)15-4-9-18-20-12-21-24(18)11-15/h2-6,9,11-12,17H,7-8,10H2,1H3,(H,22,26). The molecule has 1 aromatic carbocycles. The summed E-state index contributed by atoms with van der Waals surface area (Å²) < 4.78 is 1.56. The smallest absolute Gasteiger partial charge is 0.257 e. The highest BCUT2D eigenvalue weighted by Gasteiger charge is 2.30. The van der Waals surface area contributed by atoms with E-state index in [-0.39, 0.29) is 11.8 Å². The van der Waals surface area contributed by atoms with Crippen molar-refractivity contribution in [2.45, 2.75) is 32.4 Å². The van der Waals surface area contributed by atoms with E-state index >= 15 is 0 Å². The molecule has 1 saturated carbocycles. The molecule has 1 aliphatic rings. The molecular weight excluding hydrogens is 330 g/mol. The molecule has 1 fully saturated rings. The molecular formula is C19H19N5O2. The Balaban J connectivity index is 1.43. The van der Waals surface area contributed by atoms with E-state index < -0.39 is 0 Å². The predicted molar refractivity (Wildman–Crippen MR) is 96.6 cm³/mol. The Morgan fingerprint density at radius 3 is 2.65 bits per heavy atom. The van der Waals surface area contributed by atoms with Gasteiger partial charge < -0.3 is 10.2 Å². The van der Waals surface area contributed by atoms with Gasteiger partial charge in [0.2, 0.25) is 5.91 Å². The number of nitrogens with one attached hydrogen (secondary N) is 1. The Labute approximate surface area is 150 Å². The lowest BCUT2D eigenvalue weighted by Gasteiger charge is -2.20. The van der Waals surface area contributed by atoms with Crippen LogP contribution in [0.5, 0.6) is 0 Å². The fourth-order valence-corrected chi connectivity index (χ4v) is 2.93. The number of aromatic nitrogens is 3. The molecule has 2 aromatic heterocycles. The first-order chi connectivity index (χ1) is 12.6. The van der Waals surface area contributed by atoms with Gasteiger partial charge in [0.25, 0.3) is 5.91 Å². The quantitative estimate of drug-likeness (QED) is 0.767. The molecule has 0 radical (unpaired) electrons. The van der Waals surface area contributed by atoms with Crippen LogP contribution in [-0.4, -0.2) is 37.4 Å². The maximum Gasteiger partial charge on any atom is 0.257 e. The van der Waals surface area contributed by atoms with Crippen LogP contribution in [0.2, 0.25) is 0 Å². The lowest BCUT2D eigenvalue weighted by molar-refractivity contribution is -0.130. The Morgan fingerprint density at radius 2 is 1.96 bits per heavy atom. The van der Waals surface area contributed by atoms with Crippen molar-refractivity contribution in [2.24, 2.45) is 0 Å². The van der Waals surface area contributed by atoms with Gasteiger partial charge in [0.05, 0.1) is 5.56 Å². The number of fused-ring (bicyclic) bond motifs is 1. The number of carbonyl (C=O) groups is 2. The first kappa shape index (κ1) is 16.3. The minimum Gasteiger partial charge on any atom is -0.336 e. The molecule has 0 bridgehead atoms. The summed E-state index contributed by atoms with van der Waals surface area (Å²) in [6.45, 7) is 2.22. The minimum absolute atomic E-state index is 0.105. The summed E-state index contributed by atoms with van der Waals surface area (Å²) in [5.74, 6) is -0.105. The van der Waals surface area contributed by atoms with E-state index in [1.165, 1.54) is 6.33 Å². The molecule has 0 aliphatic heterocycles. The second-order valence-corrected chi connectivity index (χ2v) is 6.51. The van der Waals surface area contributed by atoms with Gasteiger partial charge in [0, 0.05) is 31.4 Å². The summed E-state index contributed by atoms with van der Waals surface area (Å²) in [5, 5.41) is 6.91. The third-order valence-electron chi connectivity index (χ3n) is 4.49. The fraction of sp³-hybridized carbons (Fsp3) is 0.263. The van der Waals surface area contributed by atoms with Crippen molar-refractivity contribution in [1.29, 1.82) is 0 Å². The van der Waals surface area contributed by atoms with Crippen LogP contribution in [0.15, 0.2) is 48.9 Å². The molecule has 7 heteroatoms. The summed E-state index contributed by atoms with van der Waals surface area (Å²) in [6.07, 6.45) is 5.27. The molecule has 0 saturated heterocycles. The first-order valence-electron chi connectivity index (χ1n) is 8.57. The Hall–Kier alpha value is -3.22. The minimum atomic E-state index is -0.210. The van der Waals surface area contributed by atoms with Crippen LogP contribution in [0.3, 0.4) is 0 Å². The fourth-order valence-electron chi connectivity index (χ4n) is 2.93. The number of carbonyl (C=O) groups excluding carboxylic acids is 2. The van der Waals surface area contributed by atoms with E-state index in [2.05, 4.69) is 15.4 Å². The van der Waals surface area contributed by atoms with Crippen molar-refractivity contribution in [3.05, 3.63) is 60.0 Å². The number of benzene rings is 1. The molecule has 0 unspecified atom stereocenters. The molecule has 132 valence electrons. The number of nitrogens with zero attached hydrogens (tertiary/aromatic N) is 4. The van der Waals surface area contributed by atoms with Gasteiger partial charge in [0.1, 0.15) is 6.33 Å². The topological polar surface area (TPSA) is 79.6 Å². The molecule has 7 nitrogen and oxygen atoms in total. The zero-order chi connectivity index (χ0) is 18.1. The van der Waals surface area contributed by atoms with Crippen molar-refractivity contribution in [2.75, 3.05) is 5.32 Å². The van der Waals surface area contributed by atoms with Gasteiger partial charge in [-0.25, -0.2) is 9.50 Å². The third-order valence-corrected chi connectivity index (χ3v) is 4.49. The number of anilines is 1. The summed E-state index contributed by atoms with van der Waals surface area (Å²) in [5.41, 5.74) is 2.95. The SMILES string of the molecule is CC(=O)N(Cc1ccc(NC(=O)c2ccc3ncnn3c2)cc1)C1CC1. The zero-order valence-electron chi connectivity index (χ0n) is 14.4. The molecule has 4 rings (SSSR count). The van der Waals surface area contributed by atoms with Crippen molar-refractivity contribution in [1.82, 2.24) is 19.5 Å². The highest BCUT2D eigenvalue weighted by Crippen LogP contribution is 2.28. The van der Waals surface area contributed by atoms with Gasteiger partial charge in [-0.3, -0.25) is 9.59 Å². The van der Waals surface area contributed by atoms with Gasteiger partial charge in [0.15, 0.2) is 5.65 Å². The normalized spacial score (nSPS) is 13.6. The maximum atomic E-state index is 12.4. The molecule has 3 aromatic rings. The van der Waals surface area contributed by atoms with Gasteiger partial charge in [-0.05, 0) is 42.7 Å². The van der Waals surface area contributed by atoms with E-state index in [0.717, 1.165) is 18.4 Å². The number of hydrogen-bond donors (Lipinski definition) is 1.